The third-order valence-electron chi connectivity index (χ3n) is 6.52. The van der Waals surface area contributed by atoms with Crippen molar-refractivity contribution in [2.75, 3.05) is 5.32 Å². The SMILES string of the molecule is C[C@@H]1CCCC[C@H]1N1C(=O)/C(=C/c2ccc(-c3ccc(Cl)cc3Cl)o2)SC1Nc1ccccc1. The molecule has 4 nitrogen and oxygen atoms in total. The second-order valence-electron chi connectivity index (χ2n) is 8.86. The van der Waals surface area contributed by atoms with Crippen LogP contribution in [0.15, 0.2) is 70.0 Å². The number of nitrogens with one attached hydrogen (secondary N) is 1. The zero-order chi connectivity index (χ0) is 23.7. The van der Waals surface area contributed by atoms with Crippen molar-refractivity contribution in [1.29, 1.82) is 0 Å². The van der Waals surface area contributed by atoms with Crippen molar-refractivity contribution in [2.45, 2.75) is 44.1 Å². The van der Waals surface area contributed by atoms with Crippen LogP contribution in [0, 0.1) is 5.92 Å². The van der Waals surface area contributed by atoms with E-state index in [1.165, 1.54) is 6.42 Å². The largest absolute Gasteiger partial charge is 0.457 e. The van der Waals surface area contributed by atoms with Crippen LogP contribution in [0.2, 0.25) is 10.0 Å². The maximum absolute atomic E-state index is 13.6. The monoisotopic (exact) mass is 512 g/mol. The van der Waals surface area contributed by atoms with Crippen molar-refractivity contribution < 1.29 is 9.21 Å². The summed E-state index contributed by atoms with van der Waals surface area (Å²) in [5, 5.41) is 4.66. The molecule has 1 amide bonds. The highest BCUT2D eigenvalue weighted by molar-refractivity contribution is 8.05. The maximum atomic E-state index is 13.6. The first-order valence-corrected chi connectivity index (χ1v) is 13.2. The van der Waals surface area contributed by atoms with Gasteiger partial charge >= 0.3 is 0 Å². The number of hydrogen-bond donors (Lipinski definition) is 1. The number of furan rings is 1. The van der Waals surface area contributed by atoms with Crippen LogP contribution >= 0.6 is 35.0 Å². The van der Waals surface area contributed by atoms with E-state index in [0.29, 0.717) is 32.4 Å². The number of amides is 1. The van der Waals surface area contributed by atoms with E-state index >= 15 is 0 Å². The number of rotatable bonds is 5. The Balaban J connectivity index is 1.43. The number of benzene rings is 2. The predicted octanol–water partition coefficient (Wildman–Crippen LogP) is 8.14. The van der Waals surface area contributed by atoms with Gasteiger partial charge in [0.2, 0.25) is 0 Å². The van der Waals surface area contributed by atoms with Crippen LogP contribution in [0.25, 0.3) is 17.4 Å². The molecule has 3 atom stereocenters. The average molecular weight is 513 g/mol. The van der Waals surface area contributed by atoms with E-state index in [9.17, 15) is 4.79 Å². The van der Waals surface area contributed by atoms with E-state index in [4.69, 9.17) is 27.6 Å². The van der Waals surface area contributed by atoms with Crippen LogP contribution in [0.5, 0.6) is 0 Å². The zero-order valence-corrected chi connectivity index (χ0v) is 21.2. The minimum atomic E-state index is -0.160. The molecule has 1 aliphatic heterocycles. The van der Waals surface area contributed by atoms with Crippen molar-refractivity contribution in [1.82, 2.24) is 4.90 Å². The lowest BCUT2D eigenvalue weighted by Gasteiger charge is -2.39. The van der Waals surface area contributed by atoms with E-state index in [1.807, 2.05) is 59.5 Å². The standard InChI is InChI=1S/C27H26Cl2N2O2S/c1-17-7-5-6-10-23(17)31-26(32)25(34-27(31)30-19-8-3-2-4-9-19)16-20-12-14-24(33-20)21-13-11-18(28)15-22(21)29/h2-4,8-9,11-17,23,27,30H,5-7,10H2,1H3/b25-16-/t17-,23-,27?/m1/s1. The van der Waals surface area contributed by atoms with Crippen LogP contribution in [0.1, 0.15) is 38.4 Å². The number of carbonyl (C=O) groups is 1. The molecule has 1 N–H and O–H groups in total. The molecular formula is C27H26Cl2N2O2S. The number of anilines is 1. The molecule has 7 heteroatoms. The van der Waals surface area contributed by atoms with Gasteiger partial charge in [-0.15, -0.1) is 0 Å². The smallest absolute Gasteiger partial charge is 0.263 e. The number of hydrogen-bond acceptors (Lipinski definition) is 4. The van der Waals surface area contributed by atoms with Crippen molar-refractivity contribution in [3.63, 3.8) is 0 Å². The fourth-order valence-corrected chi connectivity index (χ4v) is 6.45. The summed E-state index contributed by atoms with van der Waals surface area (Å²) in [6, 6.07) is 19.3. The fourth-order valence-electron chi connectivity index (χ4n) is 4.76. The van der Waals surface area contributed by atoms with Gasteiger partial charge < -0.3 is 14.6 Å². The lowest BCUT2D eigenvalue weighted by atomic mass is 9.85. The summed E-state index contributed by atoms with van der Waals surface area (Å²) in [5.41, 5.74) is 1.61. The predicted molar refractivity (Wildman–Crippen MR) is 142 cm³/mol. The van der Waals surface area contributed by atoms with Crippen LogP contribution in [-0.2, 0) is 4.79 Å². The Bertz CT molecular complexity index is 1210. The number of nitrogens with zero attached hydrogens (tertiary/aromatic N) is 1. The number of para-hydroxylation sites is 1. The molecule has 0 radical (unpaired) electrons. The normalized spacial score (nSPS) is 24.1. The molecule has 5 rings (SSSR count). The van der Waals surface area contributed by atoms with Gasteiger partial charge in [-0.05, 0) is 61.2 Å². The number of carbonyl (C=O) groups excluding carboxylic acids is 1. The van der Waals surface area contributed by atoms with Crippen molar-refractivity contribution in [3.05, 3.63) is 81.4 Å². The third kappa shape index (κ3) is 4.88. The molecule has 176 valence electrons. The molecule has 2 fully saturated rings. The minimum absolute atomic E-state index is 0.0552. The molecule has 2 aromatic carbocycles. The van der Waals surface area contributed by atoms with E-state index in [-0.39, 0.29) is 17.4 Å². The van der Waals surface area contributed by atoms with Gasteiger partial charge in [0, 0.05) is 28.4 Å². The molecule has 34 heavy (non-hydrogen) atoms. The number of thioether (sulfide) groups is 1. The quantitative estimate of drug-likeness (QED) is 0.350. The van der Waals surface area contributed by atoms with Crippen LogP contribution in [-0.4, -0.2) is 22.3 Å². The highest BCUT2D eigenvalue weighted by Gasteiger charge is 2.43. The molecule has 2 heterocycles. The fraction of sp³-hybridized carbons (Fsp3) is 0.296. The molecular weight excluding hydrogens is 487 g/mol. The lowest BCUT2D eigenvalue weighted by molar-refractivity contribution is -0.129. The van der Waals surface area contributed by atoms with Gasteiger partial charge in [-0.2, -0.15) is 0 Å². The topological polar surface area (TPSA) is 45.5 Å². The Morgan fingerprint density at radius 1 is 1.06 bits per heavy atom. The molecule has 1 aliphatic carbocycles. The van der Waals surface area contributed by atoms with E-state index in [1.54, 1.807) is 23.9 Å². The highest BCUT2D eigenvalue weighted by atomic mass is 35.5. The summed E-state index contributed by atoms with van der Waals surface area (Å²) in [6.45, 7) is 2.26. The first kappa shape index (κ1) is 23.4. The summed E-state index contributed by atoms with van der Waals surface area (Å²) in [4.78, 5) is 16.4. The van der Waals surface area contributed by atoms with Gasteiger partial charge in [0.05, 0.1) is 9.93 Å². The third-order valence-corrected chi connectivity index (χ3v) is 8.18. The van der Waals surface area contributed by atoms with Crippen LogP contribution in [0.3, 0.4) is 0 Å². The number of halogens is 2. The van der Waals surface area contributed by atoms with Gasteiger partial charge in [-0.25, -0.2) is 0 Å². The Morgan fingerprint density at radius 3 is 2.62 bits per heavy atom. The van der Waals surface area contributed by atoms with Gasteiger partial charge in [0.15, 0.2) is 5.50 Å². The molecule has 1 saturated heterocycles. The summed E-state index contributed by atoms with van der Waals surface area (Å²) >= 11 is 13.9. The van der Waals surface area contributed by atoms with E-state index in [0.717, 1.165) is 30.5 Å². The van der Waals surface area contributed by atoms with Crippen molar-refractivity contribution in [3.8, 4) is 11.3 Å². The second kappa shape index (κ2) is 10.1. The van der Waals surface area contributed by atoms with Gasteiger partial charge in [-0.3, -0.25) is 4.79 Å². The zero-order valence-electron chi connectivity index (χ0n) is 18.8. The summed E-state index contributed by atoms with van der Waals surface area (Å²) in [7, 11) is 0. The molecule has 1 aromatic heterocycles. The van der Waals surface area contributed by atoms with Gasteiger partial charge in [-0.1, -0.05) is 72.9 Å². The molecule has 1 unspecified atom stereocenters. The van der Waals surface area contributed by atoms with E-state index in [2.05, 4.69) is 12.2 Å². The molecule has 3 aromatic rings. The highest BCUT2D eigenvalue weighted by Crippen LogP contribution is 2.42. The van der Waals surface area contributed by atoms with Crippen molar-refractivity contribution in [2.24, 2.45) is 5.92 Å². The lowest BCUT2D eigenvalue weighted by Crippen LogP contribution is -2.48. The second-order valence-corrected chi connectivity index (χ2v) is 10.8. The van der Waals surface area contributed by atoms with Crippen LogP contribution < -0.4 is 5.32 Å². The molecule has 0 spiro atoms. The minimum Gasteiger partial charge on any atom is -0.457 e. The summed E-state index contributed by atoms with van der Waals surface area (Å²) in [5.74, 6) is 1.79. The molecule has 1 saturated carbocycles. The Labute approximate surface area is 214 Å². The van der Waals surface area contributed by atoms with Gasteiger partial charge in [0.25, 0.3) is 5.91 Å². The molecule has 2 aliphatic rings. The average Bonchev–Trinajstić information content (AvgIpc) is 3.40. The first-order valence-electron chi connectivity index (χ1n) is 11.6. The van der Waals surface area contributed by atoms with Gasteiger partial charge in [0.1, 0.15) is 11.5 Å². The summed E-state index contributed by atoms with van der Waals surface area (Å²) in [6.07, 6.45) is 6.42. The first-order chi connectivity index (χ1) is 16.5. The van der Waals surface area contributed by atoms with Crippen LogP contribution in [0.4, 0.5) is 5.69 Å². The van der Waals surface area contributed by atoms with Crippen molar-refractivity contribution >= 4 is 52.6 Å². The maximum Gasteiger partial charge on any atom is 0.263 e. The Hall–Kier alpha value is -2.34. The summed E-state index contributed by atoms with van der Waals surface area (Å²) < 4.78 is 6.05. The Morgan fingerprint density at radius 2 is 1.85 bits per heavy atom. The van der Waals surface area contributed by atoms with E-state index < -0.39 is 0 Å². The Kier molecular flexibility index (Phi) is 6.96. The molecule has 0 bridgehead atoms.